The van der Waals surface area contributed by atoms with Crippen LogP contribution >= 0.6 is 11.8 Å². The molecule has 0 bridgehead atoms. The van der Waals surface area contributed by atoms with E-state index in [0.29, 0.717) is 11.5 Å². The van der Waals surface area contributed by atoms with Crippen LogP contribution < -0.4 is 5.32 Å². The summed E-state index contributed by atoms with van der Waals surface area (Å²) in [6, 6.07) is 9.73. The molecule has 0 spiro atoms. The number of hydrogen-bond donors (Lipinski definition) is 1. The van der Waals surface area contributed by atoms with Crippen molar-refractivity contribution in [2.45, 2.75) is 36.6 Å². The van der Waals surface area contributed by atoms with E-state index in [1.54, 1.807) is 24.0 Å². The molecule has 1 aromatic carbocycles. The highest BCUT2D eigenvalue weighted by Gasteiger charge is 2.17. The lowest BCUT2D eigenvalue weighted by atomic mass is 9.90. The fourth-order valence-electron chi connectivity index (χ4n) is 3.29. The van der Waals surface area contributed by atoms with Gasteiger partial charge in [-0.15, -0.1) is 0 Å². The van der Waals surface area contributed by atoms with Gasteiger partial charge in [-0.05, 0) is 55.0 Å². The first-order chi connectivity index (χ1) is 12.7. The average molecular weight is 367 g/mol. The van der Waals surface area contributed by atoms with Gasteiger partial charge in [-0.2, -0.15) is 0 Å². The predicted octanol–water partition coefficient (Wildman–Crippen LogP) is 4.44. The molecule has 4 rings (SSSR count). The number of carbonyl (C=O) groups is 1. The molecule has 0 saturated heterocycles. The van der Waals surface area contributed by atoms with Gasteiger partial charge in [0.15, 0.2) is 10.9 Å². The molecule has 0 fully saturated rings. The lowest BCUT2D eigenvalue weighted by molar-refractivity contribution is 0.0995. The number of amides is 1. The standard InChI is InChI=1S/C20H21N3O2S/c1-23-12-11-21-20(23)26-13-15-9-10-18(25-15)19(24)22-17-8-4-6-14-5-2-3-7-16(14)17/h4,6,8-12H,2-3,5,7,13H2,1H3,(H,22,24). The van der Waals surface area contributed by atoms with Gasteiger partial charge in [0.1, 0.15) is 5.76 Å². The van der Waals surface area contributed by atoms with Gasteiger partial charge in [0.25, 0.3) is 5.91 Å². The summed E-state index contributed by atoms with van der Waals surface area (Å²) in [4.78, 5) is 16.8. The third kappa shape index (κ3) is 3.55. The Morgan fingerprint density at radius 2 is 2.15 bits per heavy atom. The van der Waals surface area contributed by atoms with Crippen molar-refractivity contribution in [3.63, 3.8) is 0 Å². The molecule has 2 heterocycles. The average Bonchev–Trinajstić information content (AvgIpc) is 3.29. The Hall–Kier alpha value is -2.47. The van der Waals surface area contributed by atoms with E-state index in [9.17, 15) is 4.79 Å². The Labute approximate surface area is 156 Å². The van der Waals surface area contributed by atoms with Crippen molar-refractivity contribution in [2.75, 3.05) is 5.32 Å². The second-order valence-corrected chi connectivity index (χ2v) is 7.42. The number of nitrogens with one attached hydrogen (secondary N) is 1. The number of fused-ring (bicyclic) bond motifs is 1. The molecule has 0 aliphatic heterocycles. The highest BCUT2D eigenvalue weighted by molar-refractivity contribution is 7.98. The second-order valence-electron chi connectivity index (χ2n) is 6.48. The van der Waals surface area contributed by atoms with Gasteiger partial charge in [0.05, 0.1) is 5.75 Å². The van der Waals surface area contributed by atoms with E-state index in [0.717, 1.165) is 29.4 Å². The van der Waals surface area contributed by atoms with Crippen LogP contribution in [0.15, 0.2) is 52.3 Å². The van der Waals surface area contributed by atoms with Gasteiger partial charge >= 0.3 is 0 Å². The lowest BCUT2D eigenvalue weighted by Crippen LogP contribution is -2.14. The first-order valence-electron chi connectivity index (χ1n) is 8.81. The maximum atomic E-state index is 12.6. The molecule has 0 atom stereocenters. The van der Waals surface area contributed by atoms with Crippen LogP contribution in [0.5, 0.6) is 0 Å². The van der Waals surface area contributed by atoms with Crippen LogP contribution in [0.3, 0.4) is 0 Å². The van der Waals surface area contributed by atoms with E-state index in [4.69, 9.17) is 4.42 Å². The smallest absolute Gasteiger partial charge is 0.291 e. The highest BCUT2D eigenvalue weighted by atomic mass is 32.2. The molecule has 1 aliphatic rings. The number of hydrogen-bond acceptors (Lipinski definition) is 4. The number of imidazole rings is 1. The first-order valence-corrected chi connectivity index (χ1v) is 9.80. The van der Waals surface area contributed by atoms with Crippen LogP contribution in [-0.4, -0.2) is 15.5 Å². The maximum Gasteiger partial charge on any atom is 0.291 e. The Morgan fingerprint density at radius 1 is 1.27 bits per heavy atom. The van der Waals surface area contributed by atoms with Crippen molar-refractivity contribution in [1.82, 2.24) is 9.55 Å². The van der Waals surface area contributed by atoms with Crippen LogP contribution in [0.1, 0.15) is 40.3 Å². The molecule has 5 nitrogen and oxygen atoms in total. The molecule has 6 heteroatoms. The SMILES string of the molecule is Cn1ccnc1SCc1ccc(C(=O)Nc2cccc3c2CCCC3)o1. The Bertz CT molecular complexity index is 929. The monoisotopic (exact) mass is 367 g/mol. The number of thioether (sulfide) groups is 1. The molecule has 0 radical (unpaired) electrons. The molecule has 1 amide bonds. The van der Waals surface area contributed by atoms with E-state index in [2.05, 4.69) is 16.4 Å². The molecular weight excluding hydrogens is 346 g/mol. The third-order valence-corrected chi connectivity index (χ3v) is 5.73. The largest absolute Gasteiger partial charge is 0.455 e. The summed E-state index contributed by atoms with van der Waals surface area (Å²) in [5.41, 5.74) is 3.53. The predicted molar refractivity (Wildman–Crippen MR) is 103 cm³/mol. The lowest BCUT2D eigenvalue weighted by Gasteiger charge is -2.19. The minimum atomic E-state index is -0.197. The first kappa shape index (κ1) is 17.0. The Morgan fingerprint density at radius 3 is 3.00 bits per heavy atom. The number of rotatable bonds is 5. The highest BCUT2D eigenvalue weighted by Crippen LogP contribution is 2.28. The van der Waals surface area contributed by atoms with E-state index in [1.165, 1.54) is 24.0 Å². The normalized spacial score (nSPS) is 13.4. The van der Waals surface area contributed by atoms with Crippen LogP contribution in [0.4, 0.5) is 5.69 Å². The molecule has 1 aliphatic carbocycles. The van der Waals surface area contributed by atoms with Gasteiger partial charge in [-0.1, -0.05) is 23.9 Å². The molecule has 2 aromatic heterocycles. The summed E-state index contributed by atoms with van der Waals surface area (Å²) in [6.07, 6.45) is 8.19. The zero-order valence-electron chi connectivity index (χ0n) is 14.7. The van der Waals surface area contributed by atoms with Crippen molar-refractivity contribution in [3.8, 4) is 0 Å². The molecule has 0 unspecified atom stereocenters. The minimum absolute atomic E-state index is 0.197. The summed E-state index contributed by atoms with van der Waals surface area (Å²) in [5, 5.41) is 3.94. The van der Waals surface area contributed by atoms with Crippen molar-refractivity contribution >= 4 is 23.4 Å². The molecule has 1 N–H and O–H groups in total. The number of anilines is 1. The summed E-state index contributed by atoms with van der Waals surface area (Å²) < 4.78 is 7.69. The number of aryl methyl sites for hydroxylation is 2. The topological polar surface area (TPSA) is 60.1 Å². The van der Waals surface area contributed by atoms with Crippen molar-refractivity contribution in [2.24, 2.45) is 7.05 Å². The van der Waals surface area contributed by atoms with Crippen LogP contribution in [0.2, 0.25) is 0 Å². The molecule has 134 valence electrons. The fourth-order valence-corrected chi connectivity index (χ4v) is 4.11. The van der Waals surface area contributed by atoms with Crippen molar-refractivity contribution in [3.05, 3.63) is 65.4 Å². The summed E-state index contributed by atoms with van der Waals surface area (Å²) in [6.45, 7) is 0. The van der Waals surface area contributed by atoms with Crippen LogP contribution in [0.25, 0.3) is 0 Å². The fraction of sp³-hybridized carbons (Fsp3) is 0.300. The maximum absolute atomic E-state index is 12.6. The van der Waals surface area contributed by atoms with Crippen LogP contribution in [-0.2, 0) is 25.6 Å². The van der Waals surface area contributed by atoms with Gasteiger partial charge in [0, 0.05) is 25.1 Å². The molecule has 0 saturated carbocycles. The number of carbonyl (C=O) groups excluding carboxylic acids is 1. The molecular formula is C20H21N3O2S. The Kier molecular flexibility index (Phi) is 4.84. The van der Waals surface area contributed by atoms with E-state index >= 15 is 0 Å². The van der Waals surface area contributed by atoms with E-state index < -0.39 is 0 Å². The van der Waals surface area contributed by atoms with Gasteiger partial charge < -0.3 is 14.3 Å². The van der Waals surface area contributed by atoms with Gasteiger partial charge in [-0.25, -0.2) is 4.98 Å². The van der Waals surface area contributed by atoms with Crippen LogP contribution in [0, 0.1) is 0 Å². The second kappa shape index (κ2) is 7.41. The number of furan rings is 1. The Balaban J connectivity index is 1.43. The minimum Gasteiger partial charge on any atom is -0.455 e. The van der Waals surface area contributed by atoms with Crippen molar-refractivity contribution < 1.29 is 9.21 Å². The summed E-state index contributed by atoms with van der Waals surface area (Å²) >= 11 is 1.58. The number of nitrogens with zero attached hydrogens (tertiary/aromatic N) is 2. The van der Waals surface area contributed by atoms with Crippen molar-refractivity contribution in [1.29, 1.82) is 0 Å². The molecule has 26 heavy (non-hydrogen) atoms. The third-order valence-electron chi connectivity index (χ3n) is 4.65. The zero-order valence-corrected chi connectivity index (χ0v) is 15.5. The van der Waals surface area contributed by atoms with E-state index in [1.807, 2.05) is 36.0 Å². The zero-order chi connectivity index (χ0) is 17.9. The number of aromatic nitrogens is 2. The summed E-state index contributed by atoms with van der Waals surface area (Å²) in [5.74, 6) is 1.54. The van der Waals surface area contributed by atoms with Gasteiger partial charge in [-0.3, -0.25) is 4.79 Å². The quantitative estimate of drug-likeness (QED) is 0.678. The van der Waals surface area contributed by atoms with Gasteiger partial charge in [0.2, 0.25) is 0 Å². The summed E-state index contributed by atoms with van der Waals surface area (Å²) in [7, 11) is 1.96. The molecule has 3 aromatic rings. The van der Waals surface area contributed by atoms with E-state index in [-0.39, 0.29) is 5.91 Å². The number of benzene rings is 1.